The van der Waals surface area contributed by atoms with Crippen molar-refractivity contribution >= 4 is 52.6 Å². The molecule has 2 aromatic carbocycles. The van der Waals surface area contributed by atoms with Crippen molar-refractivity contribution in [2.45, 2.75) is 82.6 Å². The molecule has 8 rings (SSSR count). The first kappa shape index (κ1) is 35.6. The number of piperidine rings is 2. The first-order valence-corrected chi connectivity index (χ1v) is 18.8. The van der Waals surface area contributed by atoms with Crippen molar-refractivity contribution in [1.82, 2.24) is 30.6 Å². The van der Waals surface area contributed by atoms with E-state index in [2.05, 4.69) is 35.5 Å². The van der Waals surface area contributed by atoms with Crippen molar-refractivity contribution in [3.63, 3.8) is 0 Å². The predicted octanol–water partition coefficient (Wildman–Crippen LogP) is 4.43. The lowest BCUT2D eigenvalue weighted by atomic mass is 9.93. The van der Waals surface area contributed by atoms with Crippen LogP contribution in [0.25, 0.3) is 4.85 Å². The molecule has 278 valence electrons. The molecule has 1 saturated carbocycles. The molecule has 15 heteroatoms. The van der Waals surface area contributed by atoms with Crippen LogP contribution in [0.15, 0.2) is 42.5 Å². The van der Waals surface area contributed by atoms with Gasteiger partial charge in [-0.3, -0.25) is 39.1 Å². The Hall–Kier alpha value is -5.39. The van der Waals surface area contributed by atoms with Gasteiger partial charge in [0.15, 0.2) is 11.5 Å². The fraction of sp³-hybridized carbons (Fsp3) is 0.436. The summed E-state index contributed by atoms with van der Waals surface area (Å²) in [5.41, 5.74) is 3.37. The van der Waals surface area contributed by atoms with Gasteiger partial charge in [-0.2, -0.15) is 0 Å². The molecule has 14 nitrogen and oxygen atoms in total. The van der Waals surface area contributed by atoms with E-state index in [1.165, 1.54) is 0 Å². The molecule has 4 aliphatic heterocycles. The van der Waals surface area contributed by atoms with Crippen molar-refractivity contribution in [2.75, 3.05) is 24.5 Å². The Balaban J connectivity index is 0.780. The summed E-state index contributed by atoms with van der Waals surface area (Å²) in [6, 6.07) is 11.3. The van der Waals surface area contributed by atoms with Gasteiger partial charge in [-0.05, 0) is 98.4 Å². The minimum Gasteiger partial charge on any atom is -0.490 e. The number of rotatable bonds is 8. The van der Waals surface area contributed by atoms with E-state index >= 15 is 0 Å². The number of halogens is 1. The van der Waals surface area contributed by atoms with E-state index in [1.54, 1.807) is 36.4 Å². The molecular formula is C39H39ClN8O6. The molecule has 2 saturated heterocycles. The zero-order valence-electron chi connectivity index (χ0n) is 29.6. The lowest BCUT2D eigenvalue weighted by Gasteiger charge is -2.34. The molecule has 1 aliphatic carbocycles. The predicted molar refractivity (Wildman–Crippen MR) is 196 cm³/mol. The van der Waals surface area contributed by atoms with E-state index < -0.39 is 29.7 Å². The number of anilines is 1. The quantitative estimate of drug-likeness (QED) is 0.249. The molecule has 3 aromatic rings. The molecule has 3 fully saturated rings. The number of hydrogen-bond donors (Lipinski definition) is 2. The Morgan fingerprint density at radius 3 is 2.22 bits per heavy atom. The highest BCUT2D eigenvalue weighted by Crippen LogP contribution is 2.35. The SMILES string of the molecule is [C-]#[N+]c1ccc(OC2CCC(NC(=O)c3ccc(N4CCC(CN5Cc6cc7c(cc6C5)C(=O)N(C5CCC(=O)NC5=O)C7=O)CC4)nn3)CC2)cc1Cl. The van der Waals surface area contributed by atoms with Crippen LogP contribution in [0.2, 0.25) is 5.02 Å². The van der Waals surface area contributed by atoms with Crippen LogP contribution in [-0.2, 0) is 22.7 Å². The second-order valence-electron chi connectivity index (χ2n) is 14.8. The maximum Gasteiger partial charge on any atom is 0.272 e. The van der Waals surface area contributed by atoms with Gasteiger partial charge in [0.25, 0.3) is 17.7 Å². The average Bonchev–Trinajstić information content (AvgIpc) is 3.67. The molecule has 5 amide bonds. The van der Waals surface area contributed by atoms with Crippen LogP contribution >= 0.6 is 11.6 Å². The van der Waals surface area contributed by atoms with Gasteiger partial charge in [0.1, 0.15) is 11.8 Å². The molecule has 2 N–H and O–H groups in total. The highest BCUT2D eigenvalue weighted by molar-refractivity contribution is 6.33. The number of nitrogens with one attached hydrogen (secondary N) is 2. The molecule has 54 heavy (non-hydrogen) atoms. The van der Waals surface area contributed by atoms with Crippen LogP contribution in [0.3, 0.4) is 0 Å². The number of benzene rings is 2. The summed E-state index contributed by atoms with van der Waals surface area (Å²) in [5.74, 6) is -0.343. The van der Waals surface area contributed by atoms with Gasteiger partial charge >= 0.3 is 0 Å². The molecule has 5 aliphatic rings. The molecule has 1 atom stereocenters. The standard InChI is InChI=1S/C39H39ClN8O6/c1-41-31-7-6-27(18-30(31)40)54-26-4-2-25(3-5-26)42-36(50)32-8-10-34(45-44-32)47-14-12-22(13-15-47)19-46-20-23-16-28-29(17-24(23)21-46)39(53)48(38(28)52)33-9-11-35(49)43-37(33)51/h6-8,10,16-18,22,25-26,33H,2-5,9,11-15,19-21H2,(H,42,50)(H,43,49,51). The summed E-state index contributed by atoms with van der Waals surface area (Å²) in [6.45, 7) is 11.0. The zero-order chi connectivity index (χ0) is 37.5. The van der Waals surface area contributed by atoms with Crippen LogP contribution in [0.1, 0.15) is 93.7 Å². The van der Waals surface area contributed by atoms with Crippen LogP contribution in [-0.4, -0.2) is 87.4 Å². The summed E-state index contributed by atoms with van der Waals surface area (Å²) < 4.78 is 6.07. The Morgan fingerprint density at radius 1 is 0.907 bits per heavy atom. The third-order valence-electron chi connectivity index (χ3n) is 11.2. The fourth-order valence-electron chi connectivity index (χ4n) is 8.32. The minimum absolute atomic E-state index is 0.0179. The topological polar surface area (TPSA) is 158 Å². The largest absolute Gasteiger partial charge is 0.490 e. The highest BCUT2D eigenvalue weighted by atomic mass is 35.5. The molecule has 1 aromatic heterocycles. The normalized spacial score (nSPS) is 23.1. The number of nitrogens with zero attached hydrogens (tertiary/aromatic N) is 6. The van der Waals surface area contributed by atoms with E-state index in [0.717, 1.165) is 80.0 Å². The Morgan fingerprint density at radius 2 is 1.61 bits per heavy atom. The highest BCUT2D eigenvalue weighted by Gasteiger charge is 2.45. The summed E-state index contributed by atoms with van der Waals surface area (Å²) >= 11 is 6.14. The van der Waals surface area contributed by atoms with Crippen molar-refractivity contribution in [3.8, 4) is 5.75 Å². The second kappa shape index (κ2) is 14.8. The van der Waals surface area contributed by atoms with Gasteiger partial charge in [0.05, 0.1) is 28.8 Å². The number of aromatic nitrogens is 2. The maximum atomic E-state index is 13.3. The number of ether oxygens (including phenoxy) is 1. The van der Waals surface area contributed by atoms with E-state index in [0.29, 0.717) is 46.6 Å². The molecular weight excluding hydrogens is 712 g/mol. The third-order valence-corrected chi connectivity index (χ3v) is 11.5. The Labute approximate surface area is 317 Å². The van der Waals surface area contributed by atoms with E-state index in [1.807, 2.05) is 6.07 Å². The lowest BCUT2D eigenvalue weighted by Crippen LogP contribution is -2.54. The summed E-state index contributed by atoms with van der Waals surface area (Å²) in [6.07, 6.45) is 5.32. The van der Waals surface area contributed by atoms with Gasteiger partial charge in [0, 0.05) is 45.2 Å². The summed E-state index contributed by atoms with van der Waals surface area (Å²) in [4.78, 5) is 72.5. The maximum absolute atomic E-state index is 13.3. The van der Waals surface area contributed by atoms with Crippen LogP contribution in [0.4, 0.5) is 11.5 Å². The lowest BCUT2D eigenvalue weighted by molar-refractivity contribution is -0.136. The van der Waals surface area contributed by atoms with E-state index in [9.17, 15) is 24.0 Å². The molecule has 0 spiro atoms. The van der Waals surface area contributed by atoms with Crippen LogP contribution in [0.5, 0.6) is 5.75 Å². The number of carbonyl (C=O) groups is 5. The Bertz CT molecular complexity index is 2020. The summed E-state index contributed by atoms with van der Waals surface area (Å²) in [7, 11) is 0. The fourth-order valence-corrected chi connectivity index (χ4v) is 8.53. The van der Waals surface area contributed by atoms with Gasteiger partial charge in [-0.25, -0.2) is 4.85 Å². The smallest absolute Gasteiger partial charge is 0.272 e. The van der Waals surface area contributed by atoms with Crippen molar-refractivity contribution in [3.05, 3.63) is 86.9 Å². The average molecular weight is 751 g/mol. The van der Waals surface area contributed by atoms with E-state index in [4.69, 9.17) is 22.9 Å². The molecule has 0 radical (unpaired) electrons. The third kappa shape index (κ3) is 7.13. The number of amides is 5. The zero-order valence-corrected chi connectivity index (χ0v) is 30.3. The molecule has 1 unspecified atom stereocenters. The van der Waals surface area contributed by atoms with Gasteiger partial charge < -0.3 is 15.0 Å². The minimum atomic E-state index is -0.969. The number of fused-ring (bicyclic) bond motifs is 2. The van der Waals surface area contributed by atoms with Crippen LogP contribution < -0.4 is 20.3 Å². The number of hydrogen-bond acceptors (Lipinski definition) is 10. The molecule has 5 heterocycles. The number of carbonyl (C=O) groups excluding carboxylic acids is 5. The van der Waals surface area contributed by atoms with Crippen molar-refractivity contribution < 1.29 is 28.7 Å². The second-order valence-corrected chi connectivity index (χ2v) is 15.2. The first-order valence-electron chi connectivity index (χ1n) is 18.5. The van der Waals surface area contributed by atoms with Crippen molar-refractivity contribution in [1.29, 1.82) is 0 Å². The van der Waals surface area contributed by atoms with E-state index in [-0.39, 0.29) is 36.6 Å². The summed E-state index contributed by atoms with van der Waals surface area (Å²) in [5, 5.41) is 14.4. The molecule has 0 bridgehead atoms. The Kier molecular flexibility index (Phi) is 9.76. The number of imide groups is 2. The van der Waals surface area contributed by atoms with Crippen LogP contribution in [0, 0.1) is 12.5 Å². The van der Waals surface area contributed by atoms with Gasteiger partial charge in [-0.1, -0.05) is 17.7 Å². The van der Waals surface area contributed by atoms with Gasteiger partial charge in [0.2, 0.25) is 17.5 Å². The first-order chi connectivity index (χ1) is 26.1. The van der Waals surface area contributed by atoms with Gasteiger partial charge in [-0.15, -0.1) is 10.2 Å². The van der Waals surface area contributed by atoms with Crippen molar-refractivity contribution in [2.24, 2.45) is 5.92 Å². The monoisotopic (exact) mass is 750 g/mol.